The van der Waals surface area contributed by atoms with Crippen LogP contribution in [0.4, 0.5) is 5.13 Å². The molecule has 150 valence electrons. The van der Waals surface area contributed by atoms with Gasteiger partial charge in [-0.2, -0.15) is 0 Å². The van der Waals surface area contributed by atoms with Gasteiger partial charge in [-0.25, -0.2) is 0 Å². The van der Waals surface area contributed by atoms with E-state index in [4.69, 9.17) is 9.72 Å². The van der Waals surface area contributed by atoms with Crippen molar-refractivity contribution in [2.24, 2.45) is 0 Å². The van der Waals surface area contributed by atoms with Crippen LogP contribution >= 0.6 is 22.7 Å². The van der Waals surface area contributed by atoms with Gasteiger partial charge in [0.1, 0.15) is 0 Å². The molecule has 0 aliphatic carbocycles. The van der Waals surface area contributed by atoms with Crippen molar-refractivity contribution in [2.45, 2.75) is 11.3 Å². The van der Waals surface area contributed by atoms with E-state index >= 15 is 0 Å². The van der Waals surface area contributed by atoms with Crippen molar-refractivity contribution >= 4 is 37.8 Å². The summed E-state index contributed by atoms with van der Waals surface area (Å²) in [5, 5.41) is 6.59. The molecule has 3 aromatic rings. The SMILES string of the molecule is COc1cccc(Cc2csc(N3CCN(S(=O)(=O)c4ccsc4)C[I-]3)n2)c1. The molecule has 0 bridgehead atoms. The number of thiophene rings is 1. The average Bonchev–Trinajstić information content (AvgIpc) is 3.41. The van der Waals surface area contributed by atoms with Crippen LogP contribution in [0.3, 0.4) is 0 Å². The van der Waals surface area contributed by atoms with Crippen molar-refractivity contribution in [1.29, 1.82) is 0 Å². The first-order valence-corrected chi connectivity index (χ1v) is 14.3. The van der Waals surface area contributed by atoms with Gasteiger partial charge >= 0.3 is 184 Å². The molecule has 0 amide bonds. The van der Waals surface area contributed by atoms with Crippen molar-refractivity contribution in [1.82, 2.24) is 9.29 Å². The molecule has 1 aliphatic rings. The Kier molecular flexibility index (Phi) is 6.21. The number of thiazole rings is 1. The molecular formula is C18H19IN3O3S3-. The molecule has 10 heteroatoms. The monoisotopic (exact) mass is 548 g/mol. The molecule has 0 atom stereocenters. The standard InChI is InChI=1S/C18H19IN3O3S3/c1-25-16-4-2-3-14(10-16)9-15-11-27-18(20-15)22-7-6-21(13-19-22)28(23,24)17-5-8-26-12-17/h2-5,8,10-12H,6-7,9,13H2,1H3/q-1. The minimum atomic E-state index is -3.35. The second-order valence-corrected chi connectivity index (χ2v) is 12.2. The number of halogens is 1. The van der Waals surface area contributed by atoms with E-state index in [0.717, 1.165) is 28.6 Å². The summed E-state index contributed by atoms with van der Waals surface area (Å²) in [4.78, 5) is 5.19. The molecular weight excluding hydrogens is 529 g/mol. The summed E-state index contributed by atoms with van der Waals surface area (Å²) in [6, 6.07) is 9.70. The van der Waals surface area contributed by atoms with Gasteiger partial charge in [-0.15, -0.1) is 0 Å². The van der Waals surface area contributed by atoms with Crippen molar-refractivity contribution in [3.63, 3.8) is 0 Å². The van der Waals surface area contributed by atoms with Crippen molar-refractivity contribution < 1.29 is 34.6 Å². The third kappa shape index (κ3) is 4.35. The predicted molar refractivity (Wildman–Crippen MR) is 108 cm³/mol. The van der Waals surface area contributed by atoms with E-state index in [1.54, 1.807) is 39.6 Å². The Morgan fingerprint density at radius 2 is 2.14 bits per heavy atom. The van der Waals surface area contributed by atoms with Crippen molar-refractivity contribution in [2.75, 3.05) is 27.9 Å². The van der Waals surface area contributed by atoms with Gasteiger partial charge in [-0.1, -0.05) is 0 Å². The number of benzene rings is 1. The van der Waals surface area contributed by atoms with Crippen LogP contribution in [0, 0.1) is 0 Å². The average molecular weight is 548 g/mol. The number of hydrogen-bond donors (Lipinski definition) is 0. The molecule has 0 saturated carbocycles. The van der Waals surface area contributed by atoms with E-state index in [9.17, 15) is 8.42 Å². The van der Waals surface area contributed by atoms with Crippen LogP contribution in [0.2, 0.25) is 0 Å². The Bertz CT molecular complexity index is 1030. The molecule has 0 spiro atoms. The Balaban J connectivity index is 1.39. The maximum atomic E-state index is 12.7. The van der Waals surface area contributed by atoms with Crippen LogP contribution in [-0.2, 0) is 16.4 Å². The molecule has 3 heterocycles. The fourth-order valence-electron chi connectivity index (χ4n) is 2.80. The zero-order valence-corrected chi connectivity index (χ0v) is 19.7. The summed E-state index contributed by atoms with van der Waals surface area (Å²) in [5.74, 6) is 0.849. The van der Waals surface area contributed by atoms with E-state index in [0.29, 0.717) is 22.5 Å². The topological polar surface area (TPSA) is 62.7 Å². The molecule has 0 unspecified atom stereocenters. The number of ether oxygens (including phenoxy) is 1. The third-order valence-corrected chi connectivity index (χ3v) is 11.5. The van der Waals surface area contributed by atoms with Crippen LogP contribution in [0.25, 0.3) is 0 Å². The fraction of sp³-hybridized carbons (Fsp3) is 0.278. The van der Waals surface area contributed by atoms with Crippen LogP contribution in [0.5, 0.6) is 5.75 Å². The van der Waals surface area contributed by atoms with Crippen LogP contribution in [0.15, 0.2) is 51.4 Å². The van der Waals surface area contributed by atoms with E-state index < -0.39 is 31.5 Å². The summed E-state index contributed by atoms with van der Waals surface area (Å²) in [5.41, 5.74) is 2.20. The second kappa shape index (κ2) is 8.66. The Hall–Kier alpha value is -1.21. The fourth-order valence-corrected chi connectivity index (χ4v) is 9.87. The van der Waals surface area contributed by atoms with E-state index in [-0.39, 0.29) is 0 Å². The van der Waals surface area contributed by atoms with Gasteiger partial charge in [0, 0.05) is 0 Å². The van der Waals surface area contributed by atoms with Gasteiger partial charge in [0.2, 0.25) is 0 Å². The van der Waals surface area contributed by atoms with Crippen LogP contribution in [0.1, 0.15) is 11.3 Å². The van der Waals surface area contributed by atoms with Gasteiger partial charge in [-0.3, -0.25) is 0 Å². The number of sulfonamides is 1. The first kappa shape index (κ1) is 20.1. The predicted octanol–water partition coefficient (Wildman–Crippen LogP) is 0.276. The van der Waals surface area contributed by atoms with Gasteiger partial charge in [0.05, 0.1) is 0 Å². The molecule has 1 aromatic carbocycles. The quantitative estimate of drug-likeness (QED) is 0.192. The number of nitrogens with zero attached hydrogens (tertiary/aromatic N) is 3. The number of rotatable bonds is 6. The van der Waals surface area contributed by atoms with Crippen LogP contribution < -0.4 is 29.3 Å². The molecule has 6 nitrogen and oxygen atoms in total. The molecule has 1 aliphatic heterocycles. The summed E-state index contributed by atoms with van der Waals surface area (Å²) in [6.07, 6.45) is 0.762. The second-order valence-electron chi connectivity index (χ2n) is 6.11. The molecule has 2 aromatic heterocycles. The van der Waals surface area contributed by atoms with Gasteiger partial charge in [0.25, 0.3) is 0 Å². The molecule has 0 radical (unpaired) electrons. The van der Waals surface area contributed by atoms with Gasteiger partial charge in [0.15, 0.2) is 0 Å². The summed E-state index contributed by atoms with van der Waals surface area (Å²) in [6.45, 7) is 1.20. The molecule has 0 N–H and O–H groups in total. The van der Waals surface area contributed by atoms with E-state index in [1.165, 1.54) is 11.3 Å². The first-order chi connectivity index (χ1) is 13.6. The number of alkyl halides is 1. The number of anilines is 1. The van der Waals surface area contributed by atoms with Crippen molar-refractivity contribution in [3.05, 3.63) is 57.7 Å². The zero-order chi connectivity index (χ0) is 19.6. The number of aromatic nitrogens is 1. The Labute approximate surface area is 183 Å². The number of methoxy groups -OCH3 is 1. The van der Waals surface area contributed by atoms with Crippen LogP contribution in [-0.4, -0.2) is 42.5 Å². The van der Waals surface area contributed by atoms with Crippen molar-refractivity contribution in [3.8, 4) is 5.75 Å². The van der Waals surface area contributed by atoms with E-state index in [1.807, 2.05) is 18.2 Å². The Morgan fingerprint density at radius 3 is 2.86 bits per heavy atom. The summed E-state index contributed by atoms with van der Waals surface area (Å²) >= 11 is 2.59. The summed E-state index contributed by atoms with van der Waals surface area (Å²) < 4.78 is 35.1. The summed E-state index contributed by atoms with van der Waals surface area (Å²) in [7, 11) is -1.68. The minimum absolute atomic E-state index is 0.407. The third-order valence-electron chi connectivity index (χ3n) is 4.28. The van der Waals surface area contributed by atoms with Gasteiger partial charge in [-0.05, 0) is 0 Å². The Morgan fingerprint density at radius 1 is 1.25 bits per heavy atom. The normalized spacial score (nSPS) is 16.0. The first-order valence-electron chi connectivity index (χ1n) is 8.53. The maximum absolute atomic E-state index is 12.7. The van der Waals surface area contributed by atoms with E-state index in [2.05, 4.69) is 14.6 Å². The number of hydrogen-bond acceptors (Lipinski definition) is 7. The molecule has 1 fully saturated rings. The van der Waals surface area contributed by atoms with Gasteiger partial charge < -0.3 is 0 Å². The molecule has 4 rings (SSSR count). The molecule has 28 heavy (non-hydrogen) atoms. The zero-order valence-electron chi connectivity index (χ0n) is 15.1. The molecule has 1 saturated heterocycles.